The molecule has 0 saturated carbocycles. The van der Waals surface area contributed by atoms with Gasteiger partial charge in [0.1, 0.15) is 0 Å². The van der Waals surface area contributed by atoms with Crippen LogP contribution in [-0.4, -0.2) is 24.2 Å². The quantitative estimate of drug-likeness (QED) is 0.453. The molecular formula is C11H13ClOS2. The molecule has 1 aromatic rings. The number of Topliss-reactive ketones (excluding diaryl/α,β-unsaturated/α-hetero) is 1. The molecule has 0 unspecified atom stereocenters. The Bertz CT molecular complexity index is 352. The maximum absolute atomic E-state index is 11.8. The highest BCUT2D eigenvalue weighted by Gasteiger charge is 2.11. The zero-order valence-electron chi connectivity index (χ0n) is 8.75. The summed E-state index contributed by atoms with van der Waals surface area (Å²) in [6.07, 6.45) is 4.39. The van der Waals surface area contributed by atoms with E-state index in [4.69, 9.17) is 11.6 Å². The zero-order chi connectivity index (χ0) is 11.3. The van der Waals surface area contributed by atoms with Gasteiger partial charge in [0, 0.05) is 27.7 Å². The van der Waals surface area contributed by atoms with Crippen LogP contribution in [0.25, 0.3) is 0 Å². The first-order chi connectivity index (χ1) is 7.22. The first-order valence-electron chi connectivity index (χ1n) is 4.54. The van der Waals surface area contributed by atoms with Gasteiger partial charge in [0.15, 0.2) is 5.78 Å². The van der Waals surface area contributed by atoms with E-state index in [0.29, 0.717) is 12.3 Å². The number of hydrogen-bond donors (Lipinski definition) is 0. The van der Waals surface area contributed by atoms with E-state index in [1.165, 1.54) is 0 Å². The molecule has 0 radical (unpaired) electrons. The summed E-state index contributed by atoms with van der Waals surface area (Å²) in [5.74, 6) is 0.515. The number of carbonyl (C=O) groups is 1. The molecule has 0 aliphatic heterocycles. The highest BCUT2D eigenvalue weighted by atomic mass is 35.5. The maximum atomic E-state index is 11.8. The first-order valence-corrected chi connectivity index (χ1v) is 7.52. The lowest BCUT2D eigenvalue weighted by atomic mass is 10.1. The molecule has 0 N–H and O–H groups in total. The molecule has 0 atom stereocenters. The lowest BCUT2D eigenvalue weighted by Crippen LogP contribution is -2.01. The molecule has 4 heteroatoms. The van der Waals surface area contributed by atoms with Crippen molar-refractivity contribution in [3.63, 3.8) is 0 Å². The van der Waals surface area contributed by atoms with Crippen molar-refractivity contribution in [1.29, 1.82) is 0 Å². The van der Waals surface area contributed by atoms with Crippen molar-refractivity contribution in [2.45, 2.75) is 16.2 Å². The van der Waals surface area contributed by atoms with Gasteiger partial charge in [-0.05, 0) is 30.7 Å². The fourth-order valence-corrected chi connectivity index (χ4v) is 2.46. The largest absolute Gasteiger partial charge is 0.294 e. The van der Waals surface area contributed by atoms with Crippen molar-refractivity contribution in [3.05, 3.63) is 23.8 Å². The minimum atomic E-state index is 0.130. The fraction of sp³-hybridized carbons (Fsp3) is 0.364. The van der Waals surface area contributed by atoms with Crippen molar-refractivity contribution < 1.29 is 4.79 Å². The van der Waals surface area contributed by atoms with E-state index >= 15 is 0 Å². The summed E-state index contributed by atoms with van der Waals surface area (Å²) < 4.78 is 0. The van der Waals surface area contributed by atoms with Crippen LogP contribution < -0.4 is 0 Å². The average Bonchev–Trinajstić information content (AvgIpc) is 2.28. The summed E-state index contributed by atoms with van der Waals surface area (Å²) in [6, 6.07) is 5.98. The Morgan fingerprint density at radius 2 is 2.07 bits per heavy atom. The fourth-order valence-electron chi connectivity index (χ4n) is 1.25. The second-order valence-electron chi connectivity index (χ2n) is 2.93. The summed E-state index contributed by atoms with van der Waals surface area (Å²) in [4.78, 5) is 13.9. The second kappa shape index (κ2) is 6.46. The van der Waals surface area contributed by atoms with Crippen LogP contribution in [0.2, 0.25) is 0 Å². The summed E-state index contributed by atoms with van der Waals surface area (Å²) >= 11 is 8.82. The van der Waals surface area contributed by atoms with E-state index in [-0.39, 0.29) is 5.78 Å². The Hall–Kier alpha value is -0.120. The SMILES string of the molecule is CSc1ccc(SC)c(C(=O)CCCl)c1. The molecule has 0 spiro atoms. The van der Waals surface area contributed by atoms with Crippen LogP contribution in [0.4, 0.5) is 0 Å². The van der Waals surface area contributed by atoms with Gasteiger partial charge in [0.05, 0.1) is 0 Å². The number of thioether (sulfide) groups is 2. The van der Waals surface area contributed by atoms with Crippen molar-refractivity contribution in [1.82, 2.24) is 0 Å². The Morgan fingerprint density at radius 3 is 2.60 bits per heavy atom. The van der Waals surface area contributed by atoms with E-state index in [1.54, 1.807) is 23.5 Å². The lowest BCUT2D eigenvalue weighted by Gasteiger charge is -2.07. The van der Waals surface area contributed by atoms with Crippen LogP contribution in [0.1, 0.15) is 16.8 Å². The topological polar surface area (TPSA) is 17.1 Å². The van der Waals surface area contributed by atoms with Crippen LogP contribution in [0.5, 0.6) is 0 Å². The first kappa shape index (κ1) is 12.9. The number of hydrogen-bond acceptors (Lipinski definition) is 3. The van der Waals surface area contributed by atoms with Gasteiger partial charge >= 0.3 is 0 Å². The molecule has 1 nitrogen and oxygen atoms in total. The molecule has 0 fully saturated rings. The van der Waals surface area contributed by atoms with E-state index in [9.17, 15) is 4.79 Å². The summed E-state index contributed by atoms with van der Waals surface area (Å²) in [5.41, 5.74) is 0.801. The molecule has 0 bridgehead atoms. The number of halogens is 1. The summed E-state index contributed by atoms with van der Waals surface area (Å²) in [7, 11) is 0. The van der Waals surface area contributed by atoms with Crippen LogP contribution in [0.3, 0.4) is 0 Å². The molecule has 1 rings (SSSR count). The van der Waals surface area contributed by atoms with Gasteiger partial charge in [-0.2, -0.15) is 0 Å². The Morgan fingerprint density at radius 1 is 1.33 bits per heavy atom. The Kier molecular flexibility index (Phi) is 5.58. The highest BCUT2D eigenvalue weighted by Crippen LogP contribution is 2.26. The normalized spacial score (nSPS) is 10.3. The molecule has 0 aliphatic carbocycles. The Balaban J connectivity index is 3.05. The number of ketones is 1. The van der Waals surface area contributed by atoms with Crippen molar-refractivity contribution >= 4 is 40.9 Å². The predicted octanol–water partition coefficient (Wildman–Crippen LogP) is 3.94. The lowest BCUT2D eigenvalue weighted by molar-refractivity contribution is 0.0986. The molecule has 0 aliphatic rings. The monoisotopic (exact) mass is 260 g/mol. The highest BCUT2D eigenvalue weighted by molar-refractivity contribution is 7.99. The minimum absolute atomic E-state index is 0.130. The molecule has 0 saturated heterocycles. The average molecular weight is 261 g/mol. The molecule has 0 aromatic heterocycles. The smallest absolute Gasteiger partial charge is 0.165 e. The van der Waals surface area contributed by atoms with Gasteiger partial charge < -0.3 is 0 Å². The molecular weight excluding hydrogens is 248 g/mol. The van der Waals surface area contributed by atoms with Crippen molar-refractivity contribution in [2.24, 2.45) is 0 Å². The molecule has 0 heterocycles. The van der Waals surface area contributed by atoms with Gasteiger partial charge in [-0.25, -0.2) is 0 Å². The van der Waals surface area contributed by atoms with Crippen LogP contribution in [-0.2, 0) is 0 Å². The van der Waals surface area contributed by atoms with Gasteiger partial charge in [-0.3, -0.25) is 4.79 Å². The van der Waals surface area contributed by atoms with Crippen LogP contribution in [0.15, 0.2) is 28.0 Å². The number of carbonyl (C=O) groups excluding carboxylic acids is 1. The number of rotatable bonds is 5. The zero-order valence-corrected chi connectivity index (χ0v) is 11.1. The molecule has 15 heavy (non-hydrogen) atoms. The van der Waals surface area contributed by atoms with E-state index < -0.39 is 0 Å². The molecule has 82 valence electrons. The number of benzene rings is 1. The van der Waals surface area contributed by atoms with Crippen molar-refractivity contribution in [3.8, 4) is 0 Å². The standard InChI is InChI=1S/C11H13ClOS2/c1-14-8-3-4-11(15-2)9(7-8)10(13)5-6-12/h3-4,7H,5-6H2,1-2H3. The second-order valence-corrected chi connectivity index (χ2v) is 5.03. The Labute approximate surface area is 104 Å². The molecule has 0 amide bonds. The predicted molar refractivity (Wildman–Crippen MR) is 69.7 cm³/mol. The van der Waals surface area contributed by atoms with Crippen LogP contribution in [0, 0.1) is 0 Å². The third-order valence-electron chi connectivity index (χ3n) is 2.03. The van der Waals surface area contributed by atoms with Gasteiger partial charge in [0.25, 0.3) is 0 Å². The minimum Gasteiger partial charge on any atom is -0.294 e. The van der Waals surface area contributed by atoms with Gasteiger partial charge in [-0.1, -0.05) is 0 Å². The molecule has 1 aromatic carbocycles. The van der Waals surface area contributed by atoms with Crippen molar-refractivity contribution in [2.75, 3.05) is 18.4 Å². The number of alkyl halides is 1. The van der Waals surface area contributed by atoms with Gasteiger partial charge in [0.2, 0.25) is 0 Å². The third kappa shape index (κ3) is 3.44. The van der Waals surface area contributed by atoms with E-state index in [0.717, 1.165) is 15.4 Å². The third-order valence-corrected chi connectivity index (χ3v) is 3.74. The summed E-state index contributed by atoms with van der Waals surface area (Å²) in [5, 5.41) is 0. The van der Waals surface area contributed by atoms with E-state index in [2.05, 4.69) is 0 Å². The van der Waals surface area contributed by atoms with Crippen LogP contribution >= 0.6 is 35.1 Å². The maximum Gasteiger partial charge on any atom is 0.165 e. The van der Waals surface area contributed by atoms with E-state index in [1.807, 2.05) is 30.7 Å². The van der Waals surface area contributed by atoms with Gasteiger partial charge in [-0.15, -0.1) is 35.1 Å². The summed E-state index contributed by atoms with van der Waals surface area (Å²) in [6.45, 7) is 0.